The number of hydrogen-bond donors (Lipinski definition) is 0. The van der Waals surface area contributed by atoms with Crippen LogP contribution in [0.1, 0.15) is 0 Å². The van der Waals surface area contributed by atoms with Crippen molar-refractivity contribution < 1.29 is 0 Å². The molecule has 0 bridgehead atoms. The first kappa shape index (κ1) is 6.65. The summed E-state index contributed by atoms with van der Waals surface area (Å²) in [5, 5.41) is 0. The third kappa shape index (κ3) is 4.65. The van der Waals surface area contributed by atoms with E-state index in [-0.39, 0.29) is 8.31 Å². The van der Waals surface area contributed by atoms with E-state index in [0.29, 0.717) is 0 Å². The lowest BCUT2D eigenvalue weighted by Gasteiger charge is -1.91. The Morgan fingerprint density at radius 1 is 1.33 bits per heavy atom. The molecule has 0 amide bonds. The van der Waals surface area contributed by atoms with Gasteiger partial charge in [-0.15, -0.1) is 0 Å². The van der Waals surface area contributed by atoms with Gasteiger partial charge in [0.15, 0.2) is 0 Å². The van der Waals surface area contributed by atoms with Gasteiger partial charge in [0.05, 0.1) is 0 Å². The van der Waals surface area contributed by atoms with Crippen molar-refractivity contribution >= 4 is 25.9 Å². The van der Waals surface area contributed by atoms with Gasteiger partial charge in [0.25, 0.3) is 0 Å². The van der Waals surface area contributed by atoms with Gasteiger partial charge >= 0.3 is 0 Å². The molecule has 0 saturated carbocycles. The molecule has 0 aliphatic heterocycles. The molecule has 0 nitrogen and oxygen atoms in total. The van der Waals surface area contributed by atoms with Crippen molar-refractivity contribution in [3.05, 3.63) is 0 Å². The summed E-state index contributed by atoms with van der Waals surface area (Å²) in [5.41, 5.74) is 0. The summed E-state index contributed by atoms with van der Waals surface area (Å²) in [5.74, 6) is 0. The van der Waals surface area contributed by atoms with Crippen LogP contribution in [0.2, 0.25) is 19.6 Å². The van der Waals surface area contributed by atoms with Crippen molar-refractivity contribution in [2.75, 3.05) is 0 Å². The lowest BCUT2D eigenvalue weighted by molar-refractivity contribution is 2.10. The van der Waals surface area contributed by atoms with Crippen molar-refractivity contribution in [1.82, 2.24) is 0 Å². The van der Waals surface area contributed by atoms with E-state index in [4.69, 9.17) is 0 Å². The maximum Gasteiger partial charge on any atom is 0.0241 e. The molecule has 0 rings (SSSR count). The monoisotopic (exact) mass is 129 g/mol. The van der Waals surface area contributed by atoms with Crippen LogP contribution in [-0.4, -0.2) is 25.9 Å². The smallest absolute Gasteiger partial charge is 0.0241 e. The second-order valence-electron chi connectivity index (χ2n) is 1.38. The summed E-state index contributed by atoms with van der Waals surface area (Å²) in [4.78, 5) is 0. The van der Waals surface area contributed by atoms with E-state index in [2.05, 4.69) is 19.6 Å². The standard InChI is InChI=1S/C3H9Si3/c1-4-5-6(2)3/h1-3H3. The molecule has 0 spiro atoms. The highest BCUT2D eigenvalue weighted by molar-refractivity contribution is 7.35. The molecule has 0 aliphatic carbocycles. The molecule has 0 aromatic heterocycles. The largest absolute Gasteiger partial charge is 0.0761 e. The Morgan fingerprint density at radius 3 is 1.83 bits per heavy atom. The van der Waals surface area contributed by atoms with Crippen LogP contribution in [-0.2, 0) is 0 Å². The normalized spacial score (nSPS) is 10.0. The van der Waals surface area contributed by atoms with Gasteiger partial charge in [-0.1, -0.05) is 19.6 Å². The first-order valence-corrected chi connectivity index (χ1v) is 9.00. The van der Waals surface area contributed by atoms with Crippen molar-refractivity contribution in [2.24, 2.45) is 0 Å². The molecule has 6 heavy (non-hydrogen) atoms. The minimum atomic E-state index is 0.155. The average Bonchev–Trinajstić information content (AvgIpc) is 1.35. The molecule has 0 atom stereocenters. The molecule has 33 valence electrons. The van der Waals surface area contributed by atoms with Crippen LogP contribution in [0.4, 0.5) is 0 Å². The first-order chi connectivity index (χ1) is 2.77. The molecule has 5 radical (unpaired) electrons. The third-order valence-corrected chi connectivity index (χ3v) is 10.1. The van der Waals surface area contributed by atoms with Crippen LogP contribution in [0, 0.1) is 0 Å². The van der Waals surface area contributed by atoms with E-state index in [9.17, 15) is 0 Å². The molecule has 0 aromatic carbocycles. The Morgan fingerprint density at radius 2 is 1.83 bits per heavy atom. The summed E-state index contributed by atoms with van der Waals surface area (Å²) in [6, 6.07) is 0. The zero-order valence-corrected chi connectivity index (χ0v) is 7.50. The molecule has 0 aliphatic rings. The molecular formula is C3H9Si3. The zero-order valence-electron chi connectivity index (χ0n) is 4.50. The Bertz CT molecular complexity index is 27.2. The van der Waals surface area contributed by atoms with Crippen LogP contribution < -0.4 is 0 Å². The summed E-state index contributed by atoms with van der Waals surface area (Å²) in [6.45, 7) is 7.04. The second-order valence-corrected chi connectivity index (χ2v) is 11.6. The highest BCUT2D eigenvalue weighted by Gasteiger charge is 1.90. The Balaban J connectivity index is 2.63. The summed E-state index contributed by atoms with van der Waals surface area (Å²) >= 11 is 0. The fourth-order valence-corrected chi connectivity index (χ4v) is 6.75. The van der Waals surface area contributed by atoms with E-state index in [1.165, 1.54) is 17.6 Å². The van der Waals surface area contributed by atoms with Crippen molar-refractivity contribution in [3.63, 3.8) is 0 Å². The molecule has 0 aromatic rings. The van der Waals surface area contributed by atoms with Gasteiger partial charge < -0.3 is 0 Å². The van der Waals surface area contributed by atoms with Gasteiger partial charge in [-0.3, -0.25) is 0 Å². The Labute approximate surface area is 46.2 Å². The van der Waals surface area contributed by atoms with Crippen LogP contribution in [0.25, 0.3) is 0 Å². The fraction of sp³-hybridized carbons (Fsp3) is 1.00. The maximum atomic E-state index is 2.37. The topological polar surface area (TPSA) is 0 Å². The molecule has 0 fully saturated rings. The molecule has 0 heterocycles. The van der Waals surface area contributed by atoms with Gasteiger partial charge in [-0.05, 0) is 0 Å². The van der Waals surface area contributed by atoms with Crippen molar-refractivity contribution in [1.29, 1.82) is 0 Å². The number of rotatable bonds is 2. The van der Waals surface area contributed by atoms with Crippen molar-refractivity contribution in [3.8, 4) is 0 Å². The maximum absolute atomic E-state index is 2.37. The predicted octanol–water partition coefficient (Wildman–Crippen LogP) is 0.609. The summed E-state index contributed by atoms with van der Waals surface area (Å²) in [7, 11) is 2.67. The predicted molar refractivity (Wildman–Crippen MR) is 34.9 cm³/mol. The molecule has 0 unspecified atom stereocenters. The summed E-state index contributed by atoms with van der Waals surface area (Å²) in [6.07, 6.45) is 0. The average molecular weight is 129 g/mol. The molecule has 0 N–H and O–H groups in total. The molecule has 3 heteroatoms. The second kappa shape index (κ2) is 3.83. The SMILES string of the molecule is C[Si][Si][Si](C)C. The number of hydrogen-bond acceptors (Lipinski definition) is 0. The molecule has 0 saturated heterocycles. The van der Waals surface area contributed by atoms with Crippen LogP contribution >= 0.6 is 0 Å². The van der Waals surface area contributed by atoms with Gasteiger partial charge in [0.2, 0.25) is 0 Å². The van der Waals surface area contributed by atoms with Gasteiger partial charge in [-0.25, -0.2) is 0 Å². The van der Waals surface area contributed by atoms with Crippen LogP contribution in [0.15, 0.2) is 0 Å². The fourth-order valence-electron chi connectivity index (χ4n) is 0.250. The van der Waals surface area contributed by atoms with Gasteiger partial charge in [0, 0.05) is 25.9 Å². The van der Waals surface area contributed by atoms with E-state index < -0.39 is 0 Å². The van der Waals surface area contributed by atoms with Crippen LogP contribution in [0.5, 0.6) is 0 Å². The van der Waals surface area contributed by atoms with Crippen LogP contribution in [0.3, 0.4) is 0 Å². The zero-order chi connectivity index (χ0) is 4.99. The molecular weight excluding hydrogens is 120 g/mol. The first-order valence-electron chi connectivity index (χ1n) is 2.00. The minimum absolute atomic E-state index is 0.155. The Kier molecular flexibility index (Phi) is 4.24. The highest BCUT2D eigenvalue weighted by Crippen LogP contribution is 1.70. The highest BCUT2D eigenvalue weighted by atomic mass is 29.5. The lowest BCUT2D eigenvalue weighted by Crippen LogP contribution is -2.17. The minimum Gasteiger partial charge on any atom is -0.0761 e. The third-order valence-electron chi connectivity index (χ3n) is 0.375. The summed E-state index contributed by atoms with van der Waals surface area (Å²) < 4.78 is 0. The van der Waals surface area contributed by atoms with Gasteiger partial charge in [0.1, 0.15) is 0 Å². The van der Waals surface area contributed by atoms with E-state index >= 15 is 0 Å². The Hall–Kier alpha value is 0.651. The van der Waals surface area contributed by atoms with E-state index in [1.54, 1.807) is 0 Å². The van der Waals surface area contributed by atoms with E-state index in [0.717, 1.165) is 0 Å². The lowest BCUT2D eigenvalue weighted by atomic mass is 11.9. The van der Waals surface area contributed by atoms with E-state index in [1.807, 2.05) is 0 Å². The van der Waals surface area contributed by atoms with Gasteiger partial charge in [-0.2, -0.15) is 0 Å². The van der Waals surface area contributed by atoms with Crippen molar-refractivity contribution in [2.45, 2.75) is 19.6 Å². The quantitative estimate of drug-likeness (QED) is 0.479.